The quantitative estimate of drug-likeness (QED) is 0.0429. The first-order chi connectivity index (χ1) is 20.5. The molecule has 0 spiro atoms. The molecule has 0 radical (unpaired) electrons. The number of guanidine groups is 1. The highest BCUT2D eigenvalue weighted by atomic mass is 32.2. The number of aliphatic imine (C=N–C) groups is 1. The molecule has 20 heteroatoms. The number of hydrogen-bond acceptors (Lipinski definition) is 10. The lowest BCUT2D eigenvalue weighted by Crippen LogP contribution is -2.47. The van der Waals surface area contributed by atoms with Crippen LogP contribution in [0.1, 0.15) is 39.1 Å². The molecule has 2 aromatic rings. The molecule has 0 saturated heterocycles. The van der Waals surface area contributed by atoms with Gasteiger partial charge in [0.05, 0.1) is 24.1 Å². The Morgan fingerprint density at radius 3 is 1.93 bits per heavy atom. The van der Waals surface area contributed by atoms with Crippen LogP contribution in [0.4, 0.5) is 5.69 Å². The summed E-state index contributed by atoms with van der Waals surface area (Å²) in [7, 11) is -4.70. The Bertz CT molecular complexity index is 1590. The van der Waals surface area contributed by atoms with E-state index in [1.807, 2.05) is 10.0 Å². The topological polar surface area (TPSA) is 327 Å². The standard InChI is InChI=1S/C24H26N6O13S/c25-24(26)28-13-4-1-11(2-5-13)23(40)43-14-6-3-12(10-27-44(41,42)30-17(22(38)39)9-19(33)34)15(7-14)20(35)29-16(21(36)37)8-18(31)32/h1-7,16-17,27,30H,8-10H2,(H,29,35)(H,31,32)(H,33,34)(H,36,37)(H,38,39)(H4,25,26,28). The molecule has 44 heavy (non-hydrogen) atoms. The van der Waals surface area contributed by atoms with Gasteiger partial charge in [-0.15, -0.1) is 0 Å². The van der Waals surface area contributed by atoms with E-state index in [1.54, 1.807) is 4.72 Å². The van der Waals surface area contributed by atoms with Crippen LogP contribution in [0.5, 0.6) is 5.75 Å². The molecule has 0 aliphatic carbocycles. The second-order valence-corrected chi connectivity index (χ2v) is 10.2. The van der Waals surface area contributed by atoms with Crippen LogP contribution in [0, 0.1) is 0 Å². The number of carboxylic acid groups (broad SMARTS) is 4. The number of nitrogens with zero attached hydrogens (tertiary/aromatic N) is 1. The van der Waals surface area contributed by atoms with Crippen LogP contribution in [0.3, 0.4) is 0 Å². The monoisotopic (exact) mass is 638 g/mol. The first-order valence-electron chi connectivity index (χ1n) is 12.0. The van der Waals surface area contributed by atoms with Crippen LogP contribution in [0.25, 0.3) is 0 Å². The number of nitrogens with two attached hydrogens (primary N) is 2. The molecule has 236 valence electrons. The summed E-state index contributed by atoms with van der Waals surface area (Å²) in [6.07, 6.45) is -2.11. The summed E-state index contributed by atoms with van der Waals surface area (Å²) in [5.41, 5.74) is 10.3. The second-order valence-electron chi connectivity index (χ2n) is 8.69. The van der Waals surface area contributed by atoms with Crippen molar-refractivity contribution in [3.8, 4) is 5.75 Å². The molecule has 1 amide bonds. The van der Waals surface area contributed by atoms with E-state index in [0.717, 1.165) is 18.2 Å². The zero-order chi connectivity index (χ0) is 33.2. The Balaban J connectivity index is 2.38. The third kappa shape index (κ3) is 11.0. The summed E-state index contributed by atoms with van der Waals surface area (Å²) >= 11 is 0. The molecule has 0 fully saturated rings. The van der Waals surface area contributed by atoms with Crippen LogP contribution in [0.15, 0.2) is 47.5 Å². The van der Waals surface area contributed by atoms with Gasteiger partial charge >= 0.3 is 29.8 Å². The SMILES string of the molecule is NC(N)=Nc1ccc(C(=O)Oc2ccc(CNS(=O)(=O)NC(CC(=O)O)C(=O)O)c(C(=O)NC(CC(=O)O)C(=O)O)c2)cc1. The van der Waals surface area contributed by atoms with E-state index < -0.39 is 83.0 Å². The maximum absolute atomic E-state index is 13.0. The Kier molecular flexibility index (Phi) is 11.8. The van der Waals surface area contributed by atoms with Gasteiger partial charge in [0, 0.05) is 12.1 Å². The number of carbonyl (C=O) groups excluding carboxylic acids is 2. The Hall–Kier alpha value is -5.60. The average molecular weight is 639 g/mol. The molecule has 11 N–H and O–H groups in total. The molecular weight excluding hydrogens is 612 g/mol. The van der Waals surface area contributed by atoms with E-state index in [-0.39, 0.29) is 22.8 Å². The normalized spacial score (nSPS) is 12.3. The molecule has 2 aromatic carbocycles. The minimum Gasteiger partial charge on any atom is -0.481 e. The van der Waals surface area contributed by atoms with Gasteiger partial charge in [-0.05, 0) is 42.0 Å². The summed E-state index contributed by atoms with van der Waals surface area (Å²) < 4.78 is 33.6. The van der Waals surface area contributed by atoms with Gasteiger partial charge in [-0.2, -0.15) is 17.9 Å². The highest BCUT2D eigenvalue weighted by molar-refractivity contribution is 7.87. The van der Waals surface area contributed by atoms with Crippen molar-refractivity contribution in [3.05, 3.63) is 59.2 Å². The molecule has 2 unspecified atom stereocenters. The number of benzene rings is 2. The lowest BCUT2D eigenvalue weighted by atomic mass is 10.1. The van der Waals surface area contributed by atoms with Crippen molar-refractivity contribution in [2.45, 2.75) is 31.5 Å². The van der Waals surface area contributed by atoms with Gasteiger partial charge in [-0.1, -0.05) is 6.07 Å². The first-order valence-corrected chi connectivity index (χ1v) is 13.5. The van der Waals surface area contributed by atoms with Crippen molar-refractivity contribution in [1.29, 1.82) is 0 Å². The number of nitrogens with one attached hydrogen (secondary N) is 3. The maximum Gasteiger partial charge on any atom is 0.343 e. The minimum atomic E-state index is -4.70. The third-order valence-corrected chi connectivity index (χ3v) is 6.43. The highest BCUT2D eigenvalue weighted by Gasteiger charge is 2.28. The van der Waals surface area contributed by atoms with Gasteiger partial charge in [0.25, 0.3) is 16.1 Å². The number of ether oxygens (including phenoxy) is 1. The molecule has 0 heterocycles. The fraction of sp³-hybridized carbons (Fsp3) is 0.208. The maximum atomic E-state index is 13.0. The Labute approximate surface area is 247 Å². The summed E-state index contributed by atoms with van der Waals surface area (Å²) in [6.45, 7) is -0.741. The van der Waals surface area contributed by atoms with Gasteiger partial charge in [0.1, 0.15) is 17.8 Å². The lowest BCUT2D eigenvalue weighted by molar-refractivity contribution is -0.145. The fourth-order valence-electron chi connectivity index (χ4n) is 3.34. The van der Waals surface area contributed by atoms with E-state index in [2.05, 4.69) is 4.99 Å². The van der Waals surface area contributed by atoms with Gasteiger partial charge < -0.3 is 41.9 Å². The van der Waals surface area contributed by atoms with Crippen molar-refractivity contribution in [1.82, 2.24) is 14.8 Å². The van der Waals surface area contributed by atoms with E-state index in [4.69, 9.17) is 31.5 Å². The molecule has 0 aliphatic rings. The van der Waals surface area contributed by atoms with Crippen LogP contribution in [-0.4, -0.2) is 82.6 Å². The van der Waals surface area contributed by atoms with Crippen molar-refractivity contribution in [2.75, 3.05) is 0 Å². The van der Waals surface area contributed by atoms with Gasteiger partial charge in [0.15, 0.2) is 5.96 Å². The van der Waals surface area contributed by atoms with Gasteiger partial charge in [-0.3, -0.25) is 19.2 Å². The number of rotatable bonds is 16. The largest absolute Gasteiger partial charge is 0.481 e. The number of amides is 1. The van der Waals surface area contributed by atoms with E-state index in [1.165, 1.54) is 24.3 Å². The zero-order valence-electron chi connectivity index (χ0n) is 22.3. The summed E-state index contributed by atoms with van der Waals surface area (Å²) in [6, 6.07) is 4.71. The van der Waals surface area contributed by atoms with Crippen LogP contribution in [0.2, 0.25) is 0 Å². The molecule has 0 bridgehead atoms. The van der Waals surface area contributed by atoms with E-state index in [0.29, 0.717) is 5.69 Å². The molecule has 0 saturated carbocycles. The Morgan fingerprint density at radius 2 is 1.41 bits per heavy atom. The molecule has 2 atom stereocenters. The summed E-state index contributed by atoms with van der Waals surface area (Å²) in [5, 5.41) is 38.1. The number of esters is 1. The van der Waals surface area contributed by atoms with Crippen molar-refractivity contribution in [3.63, 3.8) is 0 Å². The second kappa shape index (κ2) is 15.0. The van der Waals surface area contributed by atoms with E-state index >= 15 is 0 Å². The number of carboxylic acids is 4. The molecule has 19 nitrogen and oxygen atoms in total. The highest BCUT2D eigenvalue weighted by Crippen LogP contribution is 2.21. The number of carbonyl (C=O) groups is 6. The molecular formula is C24H26N6O13S. The molecule has 0 aromatic heterocycles. The predicted molar refractivity (Wildman–Crippen MR) is 147 cm³/mol. The summed E-state index contributed by atoms with van der Waals surface area (Å²) in [5.74, 6) is -9.25. The van der Waals surface area contributed by atoms with Crippen molar-refractivity contribution < 1.29 is 62.3 Å². The molecule has 0 aliphatic heterocycles. The Morgan fingerprint density at radius 1 is 0.841 bits per heavy atom. The van der Waals surface area contributed by atoms with Crippen LogP contribution in [-0.2, 0) is 35.9 Å². The number of hydrogen-bond donors (Lipinski definition) is 9. The van der Waals surface area contributed by atoms with Gasteiger partial charge in [0.2, 0.25) is 0 Å². The predicted octanol–water partition coefficient (Wildman–Crippen LogP) is -1.68. The van der Waals surface area contributed by atoms with E-state index in [9.17, 15) is 42.3 Å². The fourth-order valence-corrected chi connectivity index (χ4v) is 4.33. The third-order valence-electron chi connectivity index (χ3n) is 5.31. The zero-order valence-corrected chi connectivity index (χ0v) is 23.1. The molecule has 2 rings (SSSR count). The van der Waals surface area contributed by atoms with Crippen LogP contribution < -0.4 is 31.0 Å². The van der Waals surface area contributed by atoms with Gasteiger partial charge in [-0.25, -0.2) is 14.6 Å². The minimum absolute atomic E-state index is 0.0233. The smallest absolute Gasteiger partial charge is 0.343 e. The van der Waals surface area contributed by atoms with Crippen LogP contribution >= 0.6 is 0 Å². The van der Waals surface area contributed by atoms with Crippen molar-refractivity contribution in [2.24, 2.45) is 16.5 Å². The number of aliphatic carboxylic acids is 4. The average Bonchev–Trinajstić information content (AvgIpc) is 2.90. The summed E-state index contributed by atoms with van der Waals surface area (Å²) in [4.78, 5) is 74.1. The first kappa shape index (κ1) is 34.6. The lowest BCUT2D eigenvalue weighted by Gasteiger charge is -2.17. The van der Waals surface area contributed by atoms with Crippen molar-refractivity contribution >= 4 is 57.6 Å².